The number of ether oxygens (including phenoxy) is 1. The van der Waals surface area contributed by atoms with Crippen molar-refractivity contribution in [3.63, 3.8) is 0 Å². The zero-order valence-electron chi connectivity index (χ0n) is 12.2. The zero-order valence-corrected chi connectivity index (χ0v) is 12.2. The van der Waals surface area contributed by atoms with Gasteiger partial charge < -0.3 is 15.4 Å². The van der Waals surface area contributed by atoms with Crippen LogP contribution in [0.4, 0.5) is 10.5 Å². The fourth-order valence-electron chi connectivity index (χ4n) is 3.09. The van der Waals surface area contributed by atoms with Crippen LogP contribution in [0.1, 0.15) is 25.5 Å². The summed E-state index contributed by atoms with van der Waals surface area (Å²) in [5.41, 5.74) is 7.42. The van der Waals surface area contributed by atoms with E-state index in [-0.39, 0.29) is 31.1 Å². The molecule has 2 atom stereocenters. The molecule has 6 nitrogen and oxygen atoms in total. The van der Waals surface area contributed by atoms with Gasteiger partial charge in [0.2, 0.25) is 0 Å². The highest BCUT2D eigenvalue weighted by atomic mass is 16.6. The number of para-hydroxylation sites is 1. The topological polar surface area (TPSA) is 75.9 Å². The molecule has 6 heteroatoms. The number of benzene rings is 1. The molecule has 1 saturated heterocycles. The Bertz CT molecular complexity index is 587. The number of anilines is 1. The first-order valence-electron chi connectivity index (χ1n) is 7.13. The molecule has 0 bridgehead atoms. The van der Waals surface area contributed by atoms with E-state index in [9.17, 15) is 9.59 Å². The molecule has 0 radical (unpaired) electrons. The van der Waals surface area contributed by atoms with Crippen molar-refractivity contribution >= 4 is 17.7 Å². The first kappa shape index (κ1) is 13.9. The molecular weight excluding hydrogens is 270 g/mol. The molecule has 112 valence electrons. The molecule has 2 heterocycles. The Labute approximate surface area is 123 Å². The Morgan fingerprint density at radius 3 is 2.71 bits per heavy atom. The van der Waals surface area contributed by atoms with Crippen LogP contribution in [0.5, 0.6) is 0 Å². The standard InChI is InChI=1S/C15H19N3O3/c1-9(2)17-12-6-4-3-5-11(12)13(14(17)19)18-10(7-16)8-21-15(18)20/h3-6,9-10,13H,7-8,16H2,1-2H3/t10-,13+/m0/s1. The quantitative estimate of drug-likeness (QED) is 0.909. The monoisotopic (exact) mass is 289 g/mol. The number of rotatable bonds is 3. The number of carbonyl (C=O) groups excluding carboxylic acids is 2. The number of fused-ring (bicyclic) bond motifs is 1. The molecule has 1 aromatic rings. The minimum absolute atomic E-state index is 0.0265. The lowest BCUT2D eigenvalue weighted by atomic mass is 10.1. The van der Waals surface area contributed by atoms with Gasteiger partial charge in [-0.15, -0.1) is 0 Å². The van der Waals surface area contributed by atoms with E-state index in [0.29, 0.717) is 0 Å². The summed E-state index contributed by atoms with van der Waals surface area (Å²) in [7, 11) is 0. The van der Waals surface area contributed by atoms with Crippen LogP contribution >= 0.6 is 0 Å². The summed E-state index contributed by atoms with van der Waals surface area (Å²) in [4.78, 5) is 28.1. The second kappa shape index (κ2) is 5.04. The van der Waals surface area contributed by atoms with E-state index in [1.165, 1.54) is 4.90 Å². The van der Waals surface area contributed by atoms with Gasteiger partial charge in [0.25, 0.3) is 5.91 Å². The molecule has 2 N–H and O–H groups in total. The summed E-state index contributed by atoms with van der Waals surface area (Å²) in [6, 6.07) is 6.71. The summed E-state index contributed by atoms with van der Waals surface area (Å²) in [5, 5.41) is 0. The van der Waals surface area contributed by atoms with E-state index < -0.39 is 12.1 Å². The van der Waals surface area contributed by atoms with Crippen molar-refractivity contribution in [1.29, 1.82) is 0 Å². The van der Waals surface area contributed by atoms with Gasteiger partial charge in [-0.05, 0) is 19.9 Å². The molecule has 2 amide bonds. The number of amides is 2. The van der Waals surface area contributed by atoms with Crippen molar-refractivity contribution in [3.8, 4) is 0 Å². The van der Waals surface area contributed by atoms with Gasteiger partial charge in [-0.2, -0.15) is 0 Å². The second-order valence-corrected chi connectivity index (χ2v) is 5.64. The van der Waals surface area contributed by atoms with Crippen LogP contribution in [-0.2, 0) is 9.53 Å². The van der Waals surface area contributed by atoms with E-state index in [2.05, 4.69) is 0 Å². The van der Waals surface area contributed by atoms with Crippen molar-refractivity contribution in [1.82, 2.24) is 4.90 Å². The number of nitrogens with zero attached hydrogens (tertiary/aromatic N) is 2. The van der Waals surface area contributed by atoms with E-state index in [1.54, 1.807) is 4.90 Å². The van der Waals surface area contributed by atoms with Crippen molar-refractivity contribution in [2.24, 2.45) is 5.73 Å². The van der Waals surface area contributed by atoms with Gasteiger partial charge in [0.05, 0.1) is 6.04 Å². The minimum atomic E-state index is -0.632. The molecule has 0 saturated carbocycles. The van der Waals surface area contributed by atoms with Gasteiger partial charge in [0, 0.05) is 23.8 Å². The van der Waals surface area contributed by atoms with Crippen molar-refractivity contribution in [2.75, 3.05) is 18.1 Å². The third kappa shape index (κ3) is 1.98. The summed E-state index contributed by atoms with van der Waals surface area (Å²) in [5.74, 6) is -0.0940. The van der Waals surface area contributed by atoms with Gasteiger partial charge in [0.15, 0.2) is 0 Å². The van der Waals surface area contributed by atoms with E-state index in [4.69, 9.17) is 10.5 Å². The van der Waals surface area contributed by atoms with Crippen LogP contribution in [0.3, 0.4) is 0 Å². The first-order chi connectivity index (χ1) is 10.1. The highest BCUT2D eigenvalue weighted by molar-refractivity contribution is 6.06. The molecule has 0 spiro atoms. The Kier molecular flexibility index (Phi) is 3.33. The van der Waals surface area contributed by atoms with Crippen LogP contribution < -0.4 is 10.6 Å². The fourth-order valence-corrected chi connectivity index (χ4v) is 3.09. The Hall–Kier alpha value is -2.08. The molecule has 21 heavy (non-hydrogen) atoms. The summed E-state index contributed by atoms with van der Waals surface area (Å²) < 4.78 is 5.08. The molecule has 1 aromatic carbocycles. The number of carbonyl (C=O) groups is 2. The molecule has 0 aliphatic carbocycles. The Morgan fingerprint density at radius 1 is 1.33 bits per heavy atom. The highest BCUT2D eigenvalue weighted by Crippen LogP contribution is 2.42. The van der Waals surface area contributed by atoms with Gasteiger partial charge in [-0.1, -0.05) is 18.2 Å². The highest BCUT2D eigenvalue weighted by Gasteiger charge is 2.48. The zero-order chi connectivity index (χ0) is 15.1. The Morgan fingerprint density at radius 2 is 2.05 bits per heavy atom. The maximum absolute atomic E-state index is 12.8. The third-order valence-electron chi connectivity index (χ3n) is 4.03. The summed E-state index contributed by atoms with van der Waals surface area (Å²) in [6.45, 7) is 4.43. The van der Waals surface area contributed by atoms with Crippen molar-refractivity contribution in [2.45, 2.75) is 32.0 Å². The largest absolute Gasteiger partial charge is 0.447 e. The third-order valence-corrected chi connectivity index (χ3v) is 4.03. The predicted molar refractivity (Wildman–Crippen MR) is 77.8 cm³/mol. The number of cyclic esters (lactones) is 1. The van der Waals surface area contributed by atoms with E-state index in [1.807, 2.05) is 38.1 Å². The molecule has 3 rings (SSSR count). The average Bonchev–Trinajstić information content (AvgIpc) is 2.95. The van der Waals surface area contributed by atoms with Gasteiger partial charge >= 0.3 is 6.09 Å². The lowest BCUT2D eigenvalue weighted by molar-refractivity contribution is -0.122. The van der Waals surface area contributed by atoms with Crippen LogP contribution in [0.25, 0.3) is 0 Å². The van der Waals surface area contributed by atoms with E-state index >= 15 is 0 Å². The van der Waals surface area contributed by atoms with Crippen molar-refractivity contribution in [3.05, 3.63) is 29.8 Å². The van der Waals surface area contributed by atoms with Crippen LogP contribution in [0.15, 0.2) is 24.3 Å². The molecule has 0 aromatic heterocycles. The normalized spacial score (nSPS) is 24.8. The van der Waals surface area contributed by atoms with Gasteiger partial charge in [-0.25, -0.2) is 4.79 Å². The molecular formula is C15H19N3O3. The minimum Gasteiger partial charge on any atom is -0.447 e. The molecule has 0 unspecified atom stereocenters. The molecule has 2 aliphatic heterocycles. The first-order valence-corrected chi connectivity index (χ1v) is 7.13. The van der Waals surface area contributed by atoms with Crippen LogP contribution in [0.2, 0.25) is 0 Å². The molecule has 1 fully saturated rings. The lowest BCUT2D eigenvalue weighted by Gasteiger charge is -2.27. The van der Waals surface area contributed by atoms with E-state index in [0.717, 1.165) is 11.3 Å². The maximum Gasteiger partial charge on any atom is 0.411 e. The maximum atomic E-state index is 12.8. The summed E-state index contributed by atoms with van der Waals surface area (Å²) >= 11 is 0. The average molecular weight is 289 g/mol. The van der Waals surface area contributed by atoms with Crippen LogP contribution in [0, 0.1) is 0 Å². The lowest BCUT2D eigenvalue weighted by Crippen LogP contribution is -2.46. The number of nitrogens with two attached hydrogens (primary N) is 1. The number of hydrogen-bond donors (Lipinski definition) is 1. The Balaban J connectivity index is 2.07. The van der Waals surface area contributed by atoms with Gasteiger partial charge in [-0.3, -0.25) is 9.69 Å². The smallest absolute Gasteiger partial charge is 0.411 e. The SMILES string of the molecule is CC(C)N1C(=O)[C@H](N2C(=O)OC[C@@H]2CN)c2ccccc21. The number of hydrogen-bond acceptors (Lipinski definition) is 4. The van der Waals surface area contributed by atoms with Crippen LogP contribution in [-0.4, -0.2) is 42.1 Å². The molecule has 2 aliphatic rings. The fraction of sp³-hybridized carbons (Fsp3) is 0.467. The van der Waals surface area contributed by atoms with Crippen molar-refractivity contribution < 1.29 is 14.3 Å². The summed E-state index contributed by atoms with van der Waals surface area (Å²) in [6.07, 6.45) is -0.468. The van der Waals surface area contributed by atoms with Gasteiger partial charge in [0.1, 0.15) is 12.6 Å². The predicted octanol–water partition coefficient (Wildman–Crippen LogP) is 1.26. The second-order valence-electron chi connectivity index (χ2n) is 5.64.